The molecular weight excluding hydrogens is 308 g/mol. The van der Waals surface area contributed by atoms with Crippen molar-refractivity contribution in [3.63, 3.8) is 0 Å². The van der Waals surface area contributed by atoms with Gasteiger partial charge in [-0.25, -0.2) is 4.79 Å². The van der Waals surface area contributed by atoms with Crippen molar-refractivity contribution in [1.82, 2.24) is 0 Å². The summed E-state index contributed by atoms with van der Waals surface area (Å²) in [5, 5.41) is 27.0. The fourth-order valence-corrected chi connectivity index (χ4v) is 2.78. The Morgan fingerprint density at radius 2 is 1.04 bits per heavy atom. The molecule has 24 heavy (non-hydrogen) atoms. The number of carbonyl (C=O) groups is 2. The van der Waals surface area contributed by atoms with Crippen molar-refractivity contribution in [3.05, 3.63) is 0 Å². The van der Waals surface area contributed by atoms with Gasteiger partial charge in [-0.3, -0.25) is 4.79 Å². The third-order valence-electron chi connectivity index (χ3n) is 4.41. The highest BCUT2D eigenvalue weighted by atomic mass is 16.4. The van der Waals surface area contributed by atoms with E-state index in [1.165, 1.54) is 57.8 Å². The molecule has 2 unspecified atom stereocenters. The minimum atomic E-state index is -2.01. The van der Waals surface area contributed by atoms with Gasteiger partial charge in [-0.1, -0.05) is 84.0 Å². The number of unbranched alkanes of at least 4 members (excludes halogenated alkanes) is 12. The first kappa shape index (κ1) is 23.1. The molecule has 2 atom stereocenters. The molecule has 0 aliphatic carbocycles. The Morgan fingerprint density at radius 1 is 0.667 bits per heavy atom. The van der Waals surface area contributed by atoms with Crippen LogP contribution >= 0.6 is 0 Å². The standard InChI is InChI=1S/C19H36O5/c1-2-3-4-5-6-7-8-9-10-11-12-13-14-15-16(20)17(21)18(22)19(23)24/h17-18,21-22H,2-15H2,1H3,(H,23,24). The number of carbonyl (C=O) groups excluding carboxylic acids is 1. The van der Waals surface area contributed by atoms with E-state index in [0.717, 1.165) is 19.3 Å². The van der Waals surface area contributed by atoms with Gasteiger partial charge in [-0.15, -0.1) is 0 Å². The van der Waals surface area contributed by atoms with Gasteiger partial charge in [0.05, 0.1) is 0 Å². The van der Waals surface area contributed by atoms with Crippen LogP contribution in [0.4, 0.5) is 0 Å². The van der Waals surface area contributed by atoms with Crippen LogP contribution in [0.5, 0.6) is 0 Å². The predicted octanol–water partition coefficient (Wildman–Crippen LogP) is 3.84. The van der Waals surface area contributed by atoms with E-state index in [2.05, 4.69) is 6.92 Å². The first-order chi connectivity index (χ1) is 11.5. The number of hydrogen-bond donors (Lipinski definition) is 3. The van der Waals surface area contributed by atoms with Crippen molar-refractivity contribution in [2.45, 2.75) is 109 Å². The molecular formula is C19H36O5. The van der Waals surface area contributed by atoms with Gasteiger partial charge in [0.1, 0.15) is 6.10 Å². The molecule has 142 valence electrons. The van der Waals surface area contributed by atoms with Crippen LogP contribution in [0.3, 0.4) is 0 Å². The molecule has 0 aromatic carbocycles. The summed E-state index contributed by atoms with van der Waals surface area (Å²) in [6.07, 6.45) is 11.9. The molecule has 0 bridgehead atoms. The molecule has 0 amide bonds. The highest BCUT2D eigenvalue weighted by molar-refractivity contribution is 5.89. The maximum Gasteiger partial charge on any atom is 0.335 e. The van der Waals surface area contributed by atoms with Crippen molar-refractivity contribution < 1.29 is 24.9 Å². The largest absolute Gasteiger partial charge is 0.479 e. The molecule has 0 aliphatic heterocycles. The number of hydrogen-bond acceptors (Lipinski definition) is 4. The number of Topliss-reactive ketones (excluding diaryl/α,β-unsaturated/α-hetero) is 1. The van der Waals surface area contributed by atoms with E-state index in [9.17, 15) is 14.7 Å². The summed E-state index contributed by atoms with van der Waals surface area (Å²) < 4.78 is 0. The second-order valence-corrected chi connectivity index (χ2v) is 6.69. The van der Waals surface area contributed by atoms with Gasteiger partial charge in [0.15, 0.2) is 11.9 Å². The fraction of sp³-hybridized carbons (Fsp3) is 0.895. The highest BCUT2D eigenvalue weighted by Gasteiger charge is 2.29. The van der Waals surface area contributed by atoms with E-state index in [0.29, 0.717) is 6.42 Å². The maximum absolute atomic E-state index is 11.5. The molecule has 0 aromatic heterocycles. The zero-order chi connectivity index (χ0) is 18.2. The summed E-state index contributed by atoms with van der Waals surface area (Å²) in [7, 11) is 0. The third-order valence-corrected chi connectivity index (χ3v) is 4.41. The third kappa shape index (κ3) is 12.5. The van der Waals surface area contributed by atoms with Gasteiger partial charge < -0.3 is 15.3 Å². The number of aliphatic hydroxyl groups excluding tert-OH is 2. The normalized spacial score (nSPS) is 13.6. The SMILES string of the molecule is CCCCCCCCCCCCCCCC(=O)C(O)C(O)C(=O)O. The minimum absolute atomic E-state index is 0.128. The molecule has 0 heterocycles. The lowest BCUT2D eigenvalue weighted by molar-refractivity contribution is -0.157. The van der Waals surface area contributed by atoms with Gasteiger partial charge >= 0.3 is 5.97 Å². The van der Waals surface area contributed by atoms with E-state index in [4.69, 9.17) is 10.2 Å². The van der Waals surface area contributed by atoms with E-state index in [-0.39, 0.29) is 6.42 Å². The van der Waals surface area contributed by atoms with Crippen LogP contribution in [-0.4, -0.2) is 39.3 Å². The van der Waals surface area contributed by atoms with Crippen LogP contribution in [-0.2, 0) is 9.59 Å². The number of rotatable bonds is 17. The van der Waals surface area contributed by atoms with E-state index in [1.807, 2.05) is 0 Å². The summed E-state index contributed by atoms with van der Waals surface area (Å²) in [4.78, 5) is 22.0. The number of carboxylic acid groups (broad SMARTS) is 1. The van der Waals surface area contributed by atoms with Crippen LogP contribution in [0, 0.1) is 0 Å². The lowest BCUT2D eigenvalue weighted by Crippen LogP contribution is -2.39. The Hall–Kier alpha value is -0.940. The molecule has 0 saturated carbocycles. The Bertz CT molecular complexity index is 330. The Labute approximate surface area is 146 Å². The summed E-state index contributed by atoms with van der Waals surface area (Å²) >= 11 is 0. The molecule has 0 fully saturated rings. The van der Waals surface area contributed by atoms with Crippen LogP contribution in [0.25, 0.3) is 0 Å². The molecule has 5 heteroatoms. The summed E-state index contributed by atoms with van der Waals surface area (Å²) in [6.45, 7) is 2.23. The van der Waals surface area contributed by atoms with Crippen molar-refractivity contribution >= 4 is 11.8 Å². The highest BCUT2D eigenvalue weighted by Crippen LogP contribution is 2.13. The second kappa shape index (κ2) is 15.6. The van der Waals surface area contributed by atoms with Crippen LogP contribution in [0.2, 0.25) is 0 Å². The van der Waals surface area contributed by atoms with Gasteiger partial charge in [0, 0.05) is 6.42 Å². The first-order valence-corrected chi connectivity index (χ1v) is 9.62. The quantitative estimate of drug-likeness (QED) is 0.348. The Balaban J connectivity index is 3.36. The summed E-state index contributed by atoms with van der Waals surface area (Å²) in [5.41, 5.74) is 0. The van der Waals surface area contributed by atoms with E-state index < -0.39 is 24.0 Å². The maximum atomic E-state index is 11.5. The molecule has 0 aromatic rings. The van der Waals surface area contributed by atoms with Gasteiger partial charge in [-0.05, 0) is 6.42 Å². The number of aliphatic carboxylic acids is 1. The first-order valence-electron chi connectivity index (χ1n) is 9.62. The van der Waals surface area contributed by atoms with Gasteiger partial charge in [0.25, 0.3) is 0 Å². The number of aliphatic hydroxyl groups is 2. The zero-order valence-corrected chi connectivity index (χ0v) is 15.2. The monoisotopic (exact) mass is 344 g/mol. The number of carboxylic acids is 1. The smallest absolute Gasteiger partial charge is 0.335 e. The van der Waals surface area contributed by atoms with Crippen LogP contribution in [0.1, 0.15) is 96.8 Å². The molecule has 0 rings (SSSR count). The van der Waals surface area contributed by atoms with E-state index >= 15 is 0 Å². The average molecular weight is 344 g/mol. The van der Waals surface area contributed by atoms with Crippen LogP contribution in [0.15, 0.2) is 0 Å². The minimum Gasteiger partial charge on any atom is -0.479 e. The molecule has 5 nitrogen and oxygen atoms in total. The van der Waals surface area contributed by atoms with Crippen molar-refractivity contribution in [1.29, 1.82) is 0 Å². The summed E-state index contributed by atoms with van der Waals surface area (Å²) in [5.74, 6) is -2.16. The van der Waals surface area contributed by atoms with Crippen molar-refractivity contribution in [3.8, 4) is 0 Å². The number of ketones is 1. The predicted molar refractivity (Wildman–Crippen MR) is 95.0 cm³/mol. The Morgan fingerprint density at radius 3 is 1.42 bits per heavy atom. The van der Waals surface area contributed by atoms with E-state index in [1.54, 1.807) is 0 Å². The lowest BCUT2D eigenvalue weighted by atomic mass is 10.0. The molecule has 3 N–H and O–H groups in total. The van der Waals surface area contributed by atoms with Crippen molar-refractivity contribution in [2.75, 3.05) is 0 Å². The molecule has 0 radical (unpaired) electrons. The van der Waals surface area contributed by atoms with Gasteiger partial charge in [-0.2, -0.15) is 0 Å². The fourth-order valence-electron chi connectivity index (χ4n) is 2.78. The molecule has 0 aliphatic rings. The van der Waals surface area contributed by atoms with Gasteiger partial charge in [0.2, 0.25) is 0 Å². The van der Waals surface area contributed by atoms with Crippen LogP contribution < -0.4 is 0 Å². The molecule has 0 saturated heterocycles. The lowest BCUT2D eigenvalue weighted by Gasteiger charge is -2.12. The van der Waals surface area contributed by atoms with Crippen molar-refractivity contribution in [2.24, 2.45) is 0 Å². The zero-order valence-electron chi connectivity index (χ0n) is 15.2. The second-order valence-electron chi connectivity index (χ2n) is 6.69. The topological polar surface area (TPSA) is 94.8 Å². The average Bonchev–Trinajstić information content (AvgIpc) is 2.57. The Kier molecular flexibility index (Phi) is 15.0. The summed E-state index contributed by atoms with van der Waals surface area (Å²) in [6, 6.07) is 0. The molecule has 0 spiro atoms.